The van der Waals surface area contributed by atoms with Crippen LogP contribution in [0.5, 0.6) is 0 Å². The van der Waals surface area contributed by atoms with Gasteiger partial charge in [0.1, 0.15) is 0 Å². The summed E-state index contributed by atoms with van der Waals surface area (Å²) in [7, 11) is 0. The van der Waals surface area contributed by atoms with Crippen molar-refractivity contribution in [1.82, 2.24) is 19.1 Å². The Labute approximate surface area is 154 Å². The number of rotatable bonds is 5. The predicted molar refractivity (Wildman–Crippen MR) is 103 cm³/mol. The Kier molecular flexibility index (Phi) is 4.79. The van der Waals surface area contributed by atoms with E-state index in [-0.39, 0.29) is 11.2 Å². The molecule has 4 rings (SSSR count). The topological polar surface area (TPSA) is 72.7 Å². The van der Waals surface area contributed by atoms with Crippen molar-refractivity contribution in [1.29, 1.82) is 0 Å². The van der Waals surface area contributed by atoms with Crippen molar-refractivity contribution in [3.8, 4) is 11.3 Å². The van der Waals surface area contributed by atoms with Crippen LogP contribution in [0.15, 0.2) is 52.4 Å². The Morgan fingerprint density at radius 2 is 2.00 bits per heavy atom. The molecular weight excluding hydrogens is 348 g/mol. The average molecular weight is 368 g/mol. The van der Waals surface area contributed by atoms with Gasteiger partial charge in [-0.25, -0.2) is 9.78 Å². The number of imidazole rings is 1. The summed E-state index contributed by atoms with van der Waals surface area (Å²) in [5.74, 6) is 1.64. The summed E-state index contributed by atoms with van der Waals surface area (Å²) in [6.45, 7) is 1.37. The number of nitrogens with one attached hydrogen (secondary N) is 1. The maximum Gasteiger partial charge on any atom is 0.328 e. The van der Waals surface area contributed by atoms with E-state index in [2.05, 4.69) is 9.97 Å². The number of aromatic amines is 1. The Hall–Kier alpha value is -2.54. The van der Waals surface area contributed by atoms with Crippen molar-refractivity contribution in [2.75, 3.05) is 5.75 Å². The van der Waals surface area contributed by atoms with Crippen molar-refractivity contribution < 1.29 is 0 Å². The number of aromatic nitrogens is 4. The molecule has 0 bridgehead atoms. The fraction of sp³-hybridized carbons (Fsp3) is 0.316. The van der Waals surface area contributed by atoms with Gasteiger partial charge in [-0.15, -0.1) is 0 Å². The molecule has 7 heteroatoms. The summed E-state index contributed by atoms with van der Waals surface area (Å²) >= 11 is 1.74. The quantitative estimate of drug-likeness (QED) is 0.750. The SMILES string of the molecule is O=c1[nH]c(=O)n(CCCn2cnc(-c3ccccc3)c2)c2c1CSCC2. The van der Waals surface area contributed by atoms with Crippen LogP contribution in [0.2, 0.25) is 0 Å². The standard InChI is InChI=1S/C19H20N4O2S/c24-18-15-12-26-10-7-17(15)23(19(25)21-18)9-4-8-22-11-16(20-13-22)14-5-2-1-3-6-14/h1-3,5-6,11,13H,4,7-10,12H2,(H,21,24,25). The predicted octanol–water partition coefficient (Wildman–Crippen LogP) is 2.28. The molecule has 0 radical (unpaired) electrons. The van der Waals surface area contributed by atoms with E-state index in [9.17, 15) is 9.59 Å². The van der Waals surface area contributed by atoms with Crippen LogP contribution in [0.1, 0.15) is 17.7 Å². The molecule has 0 saturated carbocycles. The molecule has 2 aromatic heterocycles. The Balaban J connectivity index is 1.47. The second-order valence-corrected chi connectivity index (χ2v) is 7.46. The van der Waals surface area contributed by atoms with Gasteiger partial charge < -0.3 is 4.57 Å². The van der Waals surface area contributed by atoms with Gasteiger partial charge in [-0.05, 0) is 18.6 Å². The maximum atomic E-state index is 12.2. The molecule has 1 aliphatic rings. The third-order valence-corrected chi connectivity index (χ3v) is 5.63. The number of hydrogen-bond donors (Lipinski definition) is 1. The lowest BCUT2D eigenvalue weighted by Gasteiger charge is -2.19. The summed E-state index contributed by atoms with van der Waals surface area (Å²) in [5, 5.41) is 0. The third kappa shape index (κ3) is 3.39. The minimum atomic E-state index is -0.295. The molecule has 3 aromatic rings. The van der Waals surface area contributed by atoms with Gasteiger partial charge >= 0.3 is 5.69 Å². The molecule has 3 heterocycles. The van der Waals surface area contributed by atoms with Crippen LogP contribution in [0.25, 0.3) is 11.3 Å². The van der Waals surface area contributed by atoms with Crippen LogP contribution < -0.4 is 11.2 Å². The van der Waals surface area contributed by atoms with Gasteiger partial charge in [0, 0.05) is 41.9 Å². The van der Waals surface area contributed by atoms with Crippen molar-refractivity contribution >= 4 is 11.8 Å². The molecule has 0 fully saturated rings. The highest BCUT2D eigenvalue weighted by Gasteiger charge is 2.18. The first-order valence-corrected chi connectivity index (χ1v) is 9.87. The molecule has 0 aliphatic carbocycles. The van der Waals surface area contributed by atoms with Crippen LogP contribution in [0.3, 0.4) is 0 Å². The van der Waals surface area contributed by atoms with Gasteiger partial charge in [0.05, 0.1) is 12.0 Å². The average Bonchev–Trinajstić information content (AvgIpc) is 3.14. The summed E-state index contributed by atoms with van der Waals surface area (Å²) in [6.07, 6.45) is 5.43. The molecule has 0 amide bonds. The van der Waals surface area contributed by atoms with Crippen LogP contribution in [0, 0.1) is 0 Å². The summed E-state index contributed by atoms with van der Waals surface area (Å²) in [4.78, 5) is 31.1. The smallest absolute Gasteiger partial charge is 0.328 e. The van der Waals surface area contributed by atoms with E-state index in [1.807, 2.05) is 47.4 Å². The first kappa shape index (κ1) is 16.9. The van der Waals surface area contributed by atoms with Crippen molar-refractivity contribution in [3.05, 3.63) is 75.0 Å². The molecule has 6 nitrogen and oxygen atoms in total. The van der Waals surface area contributed by atoms with Gasteiger partial charge in [-0.1, -0.05) is 30.3 Å². The van der Waals surface area contributed by atoms with E-state index in [0.717, 1.165) is 47.7 Å². The zero-order valence-corrected chi connectivity index (χ0v) is 15.2. The molecule has 1 N–H and O–H groups in total. The van der Waals surface area contributed by atoms with E-state index in [1.165, 1.54) is 0 Å². The van der Waals surface area contributed by atoms with E-state index in [4.69, 9.17) is 0 Å². The van der Waals surface area contributed by atoms with Crippen LogP contribution in [0.4, 0.5) is 0 Å². The molecule has 1 aliphatic heterocycles. The number of benzene rings is 1. The summed E-state index contributed by atoms with van der Waals surface area (Å²) < 4.78 is 3.78. The Morgan fingerprint density at radius 3 is 2.85 bits per heavy atom. The minimum Gasteiger partial charge on any atom is -0.337 e. The number of H-pyrrole nitrogens is 1. The lowest BCUT2D eigenvalue weighted by molar-refractivity contribution is 0.526. The van der Waals surface area contributed by atoms with Gasteiger partial charge in [0.25, 0.3) is 5.56 Å². The highest BCUT2D eigenvalue weighted by Crippen LogP contribution is 2.21. The maximum absolute atomic E-state index is 12.2. The lowest BCUT2D eigenvalue weighted by atomic mass is 10.2. The minimum absolute atomic E-state index is 0.226. The number of fused-ring (bicyclic) bond motifs is 1. The third-order valence-electron chi connectivity index (χ3n) is 4.64. The molecule has 1 aromatic carbocycles. The van der Waals surface area contributed by atoms with Crippen molar-refractivity contribution in [2.45, 2.75) is 31.7 Å². The number of hydrogen-bond acceptors (Lipinski definition) is 4. The number of aryl methyl sites for hydroxylation is 1. The Morgan fingerprint density at radius 1 is 1.15 bits per heavy atom. The normalized spacial score (nSPS) is 13.5. The Bertz CT molecular complexity index is 1020. The van der Waals surface area contributed by atoms with Crippen molar-refractivity contribution in [3.63, 3.8) is 0 Å². The first-order chi connectivity index (χ1) is 12.7. The molecule has 0 saturated heterocycles. The van der Waals surface area contributed by atoms with Gasteiger partial charge in [0.15, 0.2) is 0 Å². The number of nitrogens with zero attached hydrogens (tertiary/aromatic N) is 3. The van der Waals surface area contributed by atoms with Gasteiger partial charge in [-0.3, -0.25) is 14.3 Å². The number of thioether (sulfide) groups is 1. The molecule has 0 unspecified atom stereocenters. The zero-order chi connectivity index (χ0) is 17.9. The first-order valence-electron chi connectivity index (χ1n) is 8.72. The molecule has 26 heavy (non-hydrogen) atoms. The van der Waals surface area contributed by atoms with Gasteiger partial charge in [0.2, 0.25) is 0 Å². The summed E-state index contributed by atoms with van der Waals surface area (Å²) in [5.41, 5.74) is 3.19. The fourth-order valence-corrected chi connectivity index (χ4v) is 4.31. The monoisotopic (exact) mass is 368 g/mol. The molecule has 134 valence electrons. The van der Waals surface area contributed by atoms with E-state index in [0.29, 0.717) is 12.3 Å². The lowest BCUT2D eigenvalue weighted by Crippen LogP contribution is -2.37. The van der Waals surface area contributed by atoms with Crippen LogP contribution in [-0.4, -0.2) is 24.9 Å². The van der Waals surface area contributed by atoms with Gasteiger partial charge in [-0.2, -0.15) is 11.8 Å². The van der Waals surface area contributed by atoms with Crippen LogP contribution in [-0.2, 0) is 25.3 Å². The van der Waals surface area contributed by atoms with E-state index >= 15 is 0 Å². The molecular formula is C19H20N4O2S. The zero-order valence-electron chi connectivity index (χ0n) is 14.4. The highest BCUT2D eigenvalue weighted by molar-refractivity contribution is 7.98. The molecule has 0 spiro atoms. The largest absolute Gasteiger partial charge is 0.337 e. The van der Waals surface area contributed by atoms with Crippen LogP contribution >= 0.6 is 11.8 Å². The van der Waals surface area contributed by atoms with E-state index < -0.39 is 0 Å². The van der Waals surface area contributed by atoms with E-state index in [1.54, 1.807) is 16.3 Å². The fourth-order valence-electron chi connectivity index (χ4n) is 3.32. The second-order valence-electron chi connectivity index (χ2n) is 6.36. The highest BCUT2D eigenvalue weighted by atomic mass is 32.2. The molecule has 0 atom stereocenters. The second kappa shape index (κ2) is 7.37. The van der Waals surface area contributed by atoms with Crippen molar-refractivity contribution in [2.24, 2.45) is 0 Å². The summed E-state index contributed by atoms with van der Waals surface area (Å²) in [6, 6.07) is 10.1.